The van der Waals surface area contributed by atoms with Crippen molar-refractivity contribution in [3.8, 4) is 11.5 Å². The molecular formula is C29H26BrN3O6S. The van der Waals surface area contributed by atoms with Crippen LogP contribution in [0.1, 0.15) is 50.8 Å². The molecule has 11 heteroatoms. The molecule has 6 rings (SSSR count). The first-order valence-electron chi connectivity index (χ1n) is 13.1. The summed E-state index contributed by atoms with van der Waals surface area (Å²) < 4.78 is 19.2. The van der Waals surface area contributed by atoms with Gasteiger partial charge in [0.25, 0.3) is 11.5 Å². The van der Waals surface area contributed by atoms with Gasteiger partial charge in [-0.2, -0.15) is 0 Å². The molecule has 3 aromatic rings. The molecule has 3 aliphatic rings. The summed E-state index contributed by atoms with van der Waals surface area (Å²) in [5.41, 5.74) is 2.91. The Morgan fingerprint density at radius 2 is 1.93 bits per heavy atom. The van der Waals surface area contributed by atoms with Crippen LogP contribution in [-0.2, 0) is 14.3 Å². The summed E-state index contributed by atoms with van der Waals surface area (Å²) in [6, 6.07) is 10.2. The van der Waals surface area contributed by atoms with Gasteiger partial charge in [-0.15, -0.1) is 0 Å². The molecule has 9 nitrogen and oxygen atoms in total. The van der Waals surface area contributed by atoms with Crippen LogP contribution >= 0.6 is 27.3 Å². The zero-order valence-electron chi connectivity index (χ0n) is 22.2. The van der Waals surface area contributed by atoms with Crippen LogP contribution in [0.5, 0.6) is 11.5 Å². The maximum absolute atomic E-state index is 14.3. The van der Waals surface area contributed by atoms with Crippen LogP contribution in [0.25, 0.3) is 5.57 Å². The van der Waals surface area contributed by atoms with Crippen LogP contribution in [0.4, 0.5) is 5.69 Å². The van der Waals surface area contributed by atoms with Gasteiger partial charge in [0.05, 0.1) is 35.2 Å². The van der Waals surface area contributed by atoms with Crippen LogP contribution in [0, 0.1) is 0 Å². The highest BCUT2D eigenvalue weighted by Crippen LogP contribution is 2.40. The van der Waals surface area contributed by atoms with Crippen molar-refractivity contribution in [2.75, 3.05) is 24.8 Å². The number of aromatic nitrogens is 1. The van der Waals surface area contributed by atoms with Gasteiger partial charge in [0.2, 0.25) is 6.79 Å². The van der Waals surface area contributed by atoms with E-state index in [1.807, 2.05) is 38.1 Å². The van der Waals surface area contributed by atoms with Gasteiger partial charge in [0.15, 0.2) is 16.3 Å². The monoisotopic (exact) mass is 623 g/mol. The van der Waals surface area contributed by atoms with Crippen LogP contribution in [0.2, 0.25) is 0 Å². The molecule has 0 saturated carbocycles. The number of thiazole rings is 1. The standard InChI is InChI=1S/C29H26BrN3O6S/c1-4-7-18-23(28(36)37-6-3)24(15-8-11-20-21(12-15)39-14-38-20)33-27(35)25(40-29(33)31-18)22-17-13-16(30)9-10-19(17)32(5-2)26(22)34/h8-13,24H,4-7,14H2,1-3H3/b25-22+/t24-/m1/s1. The predicted molar refractivity (Wildman–Crippen MR) is 153 cm³/mol. The third-order valence-corrected chi connectivity index (χ3v) is 8.65. The summed E-state index contributed by atoms with van der Waals surface area (Å²) in [6.45, 7) is 6.38. The average molecular weight is 625 g/mol. The number of amides is 1. The number of rotatable bonds is 6. The lowest BCUT2D eigenvalue weighted by atomic mass is 9.94. The van der Waals surface area contributed by atoms with E-state index in [9.17, 15) is 14.4 Å². The largest absolute Gasteiger partial charge is 0.463 e. The first-order chi connectivity index (χ1) is 19.4. The smallest absolute Gasteiger partial charge is 0.338 e. The van der Waals surface area contributed by atoms with Crippen molar-refractivity contribution in [1.29, 1.82) is 0 Å². The van der Waals surface area contributed by atoms with Gasteiger partial charge in [-0.05, 0) is 56.2 Å². The first-order valence-corrected chi connectivity index (χ1v) is 14.7. The summed E-state index contributed by atoms with van der Waals surface area (Å²) >= 11 is 4.68. The molecule has 0 unspecified atom stereocenters. The van der Waals surface area contributed by atoms with Crippen molar-refractivity contribution in [3.63, 3.8) is 0 Å². The van der Waals surface area contributed by atoms with Crippen LogP contribution < -0.4 is 29.3 Å². The van der Waals surface area contributed by atoms with E-state index in [0.29, 0.717) is 57.2 Å². The Hall–Kier alpha value is -3.70. The predicted octanol–water partition coefficient (Wildman–Crippen LogP) is 3.81. The molecule has 0 radical (unpaired) electrons. The minimum Gasteiger partial charge on any atom is -0.463 e. The highest BCUT2D eigenvalue weighted by molar-refractivity contribution is 9.10. The number of allylic oxidation sites excluding steroid dienone is 1. The average Bonchev–Trinajstić information content (AvgIpc) is 3.61. The van der Waals surface area contributed by atoms with Gasteiger partial charge >= 0.3 is 5.97 Å². The zero-order chi connectivity index (χ0) is 28.1. The summed E-state index contributed by atoms with van der Waals surface area (Å²) in [5.74, 6) is 0.354. The molecule has 0 N–H and O–H groups in total. The van der Waals surface area contributed by atoms with Gasteiger partial charge < -0.3 is 19.1 Å². The first kappa shape index (κ1) is 26.5. The van der Waals surface area contributed by atoms with Gasteiger partial charge in [-0.1, -0.05) is 46.7 Å². The van der Waals surface area contributed by atoms with Crippen molar-refractivity contribution in [2.24, 2.45) is 4.99 Å². The van der Waals surface area contributed by atoms with E-state index in [4.69, 9.17) is 19.2 Å². The number of fused-ring (bicyclic) bond motifs is 3. The van der Waals surface area contributed by atoms with E-state index in [1.165, 1.54) is 15.9 Å². The number of likely N-dealkylation sites (N-methyl/N-ethyl adjacent to an activating group) is 1. The number of halogens is 1. The second kappa shape index (κ2) is 10.4. The van der Waals surface area contributed by atoms with Crippen LogP contribution in [0.3, 0.4) is 0 Å². The molecule has 0 aliphatic carbocycles. The molecule has 0 spiro atoms. The fourth-order valence-electron chi connectivity index (χ4n) is 5.41. The van der Waals surface area contributed by atoms with E-state index >= 15 is 0 Å². The second-order valence-corrected chi connectivity index (χ2v) is 11.3. The van der Waals surface area contributed by atoms with Crippen LogP contribution in [0.15, 0.2) is 61.9 Å². The minimum absolute atomic E-state index is 0.0948. The number of ether oxygens (including phenoxy) is 3. The minimum atomic E-state index is -0.818. The van der Waals surface area contributed by atoms with E-state index in [2.05, 4.69) is 15.9 Å². The Morgan fingerprint density at radius 1 is 1.12 bits per heavy atom. The summed E-state index contributed by atoms with van der Waals surface area (Å²) in [5, 5.41) is 0. The number of carbonyl (C=O) groups is 2. The fourth-order valence-corrected chi connectivity index (χ4v) is 6.88. The second-order valence-electron chi connectivity index (χ2n) is 9.43. The van der Waals surface area contributed by atoms with E-state index < -0.39 is 17.6 Å². The van der Waals surface area contributed by atoms with Gasteiger partial charge in [0, 0.05) is 16.6 Å². The molecule has 2 aromatic carbocycles. The van der Waals surface area contributed by atoms with Crippen molar-refractivity contribution in [1.82, 2.24) is 4.57 Å². The van der Waals surface area contributed by atoms with E-state index in [-0.39, 0.29) is 23.8 Å². The van der Waals surface area contributed by atoms with Gasteiger partial charge in [-0.3, -0.25) is 14.2 Å². The maximum Gasteiger partial charge on any atom is 0.338 e. The topological polar surface area (TPSA) is 99.4 Å². The van der Waals surface area contributed by atoms with Gasteiger partial charge in [0.1, 0.15) is 4.53 Å². The Morgan fingerprint density at radius 3 is 2.67 bits per heavy atom. The molecule has 1 atom stereocenters. The Kier molecular flexibility index (Phi) is 6.87. The van der Waals surface area contributed by atoms with E-state index in [0.717, 1.165) is 16.6 Å². The molecule has 3 aliphatic heterocycles. The quantitative estimate of drug-likeness (QED) is 0.387. The lowest BCUT2D eigenvalue weighted by Gasteiger charge is -2.25. The lowest BCUT2D eigenvalue weighted by molar-refractivity contribution is -0.139. The molecule has 4 heterocycles. The summed E-state index contributed by atoms with van der Waals surface area (Å²) in [4.78, 5) is 48.3. The molecule has 40 heavy (non-hydrogen) atoms. The Bertz CT molecular complexity index is 1790. The molecule has 1 aromatic heterocycles. The number of hydrogen-bond donors (Lipinski definition) is 0. The van der Waals surface area contributed by atoms with Crippen molar-refractivity contribution >= 4 is 50.4 Å². The summed E-state index contributed by atoms with van der Waals surface area (Å²) in [7, 11) is 0. The number of hydrogen-bond acceptors (Lipinski definition) is 8. The Balaban J connectivity index is 1.67. The summed E-state index contributed by atoms with van der Waals surface area (Å²) in [6.07, 6.45) is 1.26. The third-order valence-electron chi connectivity index (χ3n) is 7.10. The SMILES string of the molecule is CCCC1=C(C(=O)OCC)[C@@H](c2ccc3c(c2)OCO3)n2c(s/c(=C3/C(=O)N(CC)c4ccc(Br)cc43)c2=O)=N1. The zero-order valence-corrected chi connectivity index (χ0v) is 24.6. The highest BCUT2D eigenvalue weighted by atomic mass is 79.9. The molecule has 0 fully saturated rings. The number of esters is 1. The lowest BCUT2D eigenvalue weighted by Crippen LogP contribution is -2.41. The van der Waals surface area contributed by atoms with Crippen molar-refractivity contribution < 1.29 is 23.8 Å². The van der Waals surface area contributed by atoms with Crippen molar-refractivity contribution in [3.05, 3.63) is 83.0 Å². The normalized spacial score (nSPS) is 18.6. The molecule has 0 saturated heterocycles. The number of nitrogens with zero attached hydrogens (tertiary/aromatic N) is 3. The van der Waals surface area contributed by atoms with E-state index in [1.54, 1.807) is 24.0 Å². The highest BCUT2D eigenvalue weighted by Gasteiger charge is 2.38. The molecule has 206 valence electrons. The third kappa shape index (κ3) is 4.10. The maximum atomic E-state index is 14.3. The van der Waals surface area contributed by atoms with Crippen molar-refractivity contribution in [2.45, 2.75) is 39.7 Å². The Labute approximate surface area is 242 Å². The number of benzene rings is 2. The number of carbonyl (C=O) groups excluding carboxylic acids is 2. The molecular weight excluding hydrogens is 598 g/mol. The molecule has 0 bridgehead atoms. The fraction of sp³-hybridized carbons (Fsp3) is 0.310. The van der Waals surface area contributed by atoms with Crippen LogP contribution in [-0.4, -0.2) is 36.4 Å². The number of anilines is 1. The van der Waals surface area contributed by atoms with Gasteiger partial charge in [-0.25, -0.2) is 9.79 Å². The molecule has 1 amide bonds.